The Morgan fingerprint density at radius 3 is 2.80 bits per heavy atom. The number of aromatic nitrogens is 1. The molecule has 8 nitrogen and oxygen atoms in total. The number of ether oxygens (including phenoxy) is 2. The molecule has 9 heteroatoms. The van der Waals surface area contributed by atoms with Gasteiger partial charge in [-0.05, 0) is 43.4 Å². The van der Waals surface area contributed by atoms with Gasteiger partial charge < -0.3 is 19.2 Å². The van der Waals surface area contributed by atoms with Crippen LogP contribution < -0.4 is 20.9 Å². The molecule has 3 N–H and O–H groups in total. The van der Waals surface area contributed by atoms with E-state index in [1.165, 1.54) is 0 Å². The van der Waals surface area contributed by atoms with Crippen molar-refractivity contribution in [2.24, 2.45) is 0 Å². The number of fused-ring (bicyclic) bond motifs is 3. The van der Waals surface area contributed by atoms with E-state index in [2.05, 4.69) is 22.7 Å². The van der Waals surface area contributed by atoms with Crippen LogP contribution in [0.5, 0.6) is 5.75 Å². The molecule has 0 aliphatic heterocycles. The van der Waals surface area contributed by atoms with Crippen LogP contribution in [-0.4, -0.2) is 41.1 Å². The largest absolute Gasteiger partial charge is 0.484 e. The number of hydrogen-bond donors (Lipinski definition) is 3. The average Bonchev–Trinajstić information content (AvgIpc) is 3.08. The average molecular weight is 426 g/mol. The zero-order chi connectivity index (χ0) is 21.5. The molecule has 30 heavy (non-hydrogen) atoms. The highest BCUT2D eigenvalue weighted by molar-refractivity contribution is 7.80. The summed E-state index contributed by atoms with van der Waals surface area (Å²) < 4.78 is 12.7. The van der Waals surface area contributed by atoms with Gasteiger partial charge in [0.05, 0.1) is 23.2 Å². The van der Waals surface area contributed by atoms with Gasteiger partial charge in [0.15, 0.2) is 11.7 Å². The highest BCUT2D eigenvalue weighted by Crippen LogP contribution is 2.30. The van der Waals surface area contributed by atoms with E-state index < -0.39 is 5.91 Å². The summed E-state index contributed by atoms with van der Waals surface area (Å²) in [4.78, 5) is 24.4. The summed E-state index contributed by atoms with van der Waals surface area (Å²) in [6.45, 7) is 5.90. The molecule has 2 heterocycles. The van der Waals surface area contributed by atoms with Crippen molar-refractivity contribution in [3.63, 3.8) is 0 Å². The second kappa shape index (κ2) is 9.75. The molecule has 0 saturated heterocycles. The van der Waals surface area contributed by atoms with E-state index in [9.17, 15) is 9.59 Å². The van der Waals surface area contributed by atoms with Gasteiger partial charge in [0.2, 0.25) is 0 Å². The molecule has 3 aromatic rings. The number of pyridine rings is 1. The Morgan fingerprint density at radius 2 is 2.03 bits per heavy atom. The van der Waals surface area contributed by atoms with Crippen LogP contribution in [0.3, 0.4) is 0 Å². The van der Waals surface area contributed by atoms with Crippen molar-refractivity contribution in [1.29, 1.82) is 0 Å². The predicted molar refractivity (Wildman–Crippen MR) is 118 cm³/mol. The SMILES string of the molecule is C=CCNC(=S)NNC(=O)COc1ccc2c(C(=O)OCC)c3ccccn3c2c1. The lowest BCUT2D eigenvalue weighted by Crippen LogP contribution is -2.48. The van der Waals surface area contributed by atoms with Gasteiger partial charge >= 0.3 is 5.97 Å². The molecule has 1 amide bonds. The molecule has 0 atom stereocenters. The summed E-state index contributed by atoms with van der Waals surface area (Å²) in [6, 6.07) is 10.9. The molecular formula is C21H22N4O4S. The number of amides is 1. The molecule has 2 aromatic heterocycles. The topological polar surface area (TPSA) is 93.1 Å². The zero-order valence-corrected chi connectivity index (χ0v) is 17.3. The van der Waals surface area contributed by atoms with Crippen molar-refractivity contribution >= 4 is 45.6 Å². The first kappa shape index (κ1) is 21.1. The van der Waals surface area contributed by atoms with E-state index in [1.54, 1.807) is 31.2 Å². The van der Waals surface area contributed by atoms with Crippen LogP contribution in [0.4, 0.5) is 0 Å². The fourth-order valence-corrected chi connectivity index (χ4v) is 3.08. The monoisotopic (exact) mass is 426 g/mol. The summed E-state index contributed by atoms with van der Waals surface area (Å²) in [6.07, 6.45) is 3.51. The van der Waals surface area contributed by atoms with E-state index in [-0.39, 0.29) is 17.7 Å². The lowest BCUT2D eigenvalue weighted by molar-refractivity contribution is -0.123. The molecule has 0 aliphatic rings. The second-order valence-corrected chi connectivity index (χ2v) is 6.60. The van der Waals surface area contributed by atoms with E-state index in [1.807, 2.05) is 28.8 Å². The molecule has 0 aliphatic carbocycles. The lowest BCUT2D eigenvalue weighted by atomic mass is 10.1. The van der Waals surface area contributed by atoms with Gasteiger partial charge in [0.25, 0.3) is 5.91 Å². The van der Waals surface area contributed by atoms with Crippen LogP contribution in [0, 0.1) is 0 Å². The highest BCUT2D eigenvalue weighted by atomic mass is 32.1. The highest BCUT2D eigenvalue weighted by Gasteiger charge is 2.19. The Kier molecular flexibility index (Phi) is 6.87. The summed E-state index contributed by atoms with van der Waals surface area (Å²) in [5.41, 5.74) is 7.04. The standard InChI is InChI=1S/C21H22N4O4S/c1-3-10-22-21(30)24-23-18(26)13-29-14-8-9-15-17(12-14)25-11-6-5-7-16(25)19(15)20(27)28-4-2/h3,5-9,11-12H,1,4,10,13H2,2H3,(H,23,26)(H2,22,24,30). The Hall–Kier alpha value is -3.59. The van der Waals surface area contributed by atoms with Gasteiger partial charge in [-0.25, -0.2) is 4.79 Å². The number of hydrazine groups is 1. The first-order chi connectivity index (χ1) is 14.5. The van der Waals surface area contributed by atoms with Gasteiger partial charge in [0, 0.05) is 24.2 Å². The first-order valence-corrected chi connectivity index (χ1v) is 9.72. The molecule has 1 aromatic carbocycles. The number of carbonyl (C=O) groups excluding carboxylic acids is 2. The Bertz CT molecular complexity index is 1110. The van der Waals surface area contributed by atoms with Gasteiger partial charge in [0.1, 0.15) is 5.75 Å². The fraction of sp³-hybridized carbons (Fsp3) is 0.190. The van der Waals surface area contributed by atoms with Crippen molar-refractivity contribution in [3.8, 4) is 5.75 Å². The number of nitrogens with one attached hydrogen (secondary N) is 3. The molecule has 0 bridgehead atoms. The van der Waals surface area contributed by atoms with Gasteiger partial charge in [-0.1, -0.05) is 12.1 Å². The van der Waals surface area contributed by atoms with Crippen molar-refractivity contribution in [1.82, 2.24) is 20.6 Å². The van der Waals surface area contributed by atoms with Gasteiger partial charge in [-0.2, -0.15) is 0 Å². The molecule has 0 unspecified atom stereocenters. The maximum Gasteiger partial charge on any atom is 0.340 e. The molecule has 0 saturated carbocycles. The third kappa shape index (κ3) is 4.69. The smallest absolute Gasteiger partial charge is 0.340 e. The number of esters is 1. The third-order valence-corrected chi connectivity index (χ3v) is 4.43. The van der Waals surface area contributed by atoms with E-state index in [4.69, 9.17) is 21.7 Å². The molecule has 0 fully saturated rings. The maximum atomic E-state index is 12.5. The maximum absolute atomic E-state index is 12.5. The van der Waals surface area contributed by atoms with Crippen LogP contribution >= 0.6 is 12.2 Å². The molecule has 156 valence electrons. The lowest BCUT2D eigenvalue weighted by Gasteiger charge is -2.11. The summed E-state index contributed by atoms with van der Waals surface area (Å²) in [5, 5.41) is 3.85. The van der Waals surface area contributed by atoms with E-state index in [0.29, 0.717) is 24.5 Å². The normalized spacial score (nSPS) is 10.4. The molecule has 0 radical (unpaired) electrons. The van der Waals surface area contributed by atoms with Gasteiger partial charge in [-0.3, -0.25) is 15.6 Å². The Morgan fingerprint density at radius 1 is 1.20 bits per heavy atom. The van der Waals surface area contributed by atoms with E-state index >= 15 is 0 Å². The predicted octanol–water partition coefficient (Wildman–Crippen LogP) is 2.33. The number of rotatable bonds is 7. The molecule has 0 spiro atoms. The first-order valence-electron chi connectivity index (χ1n) is 9.31. The van der Waals surface area contributed by atoms with Crippen molar-refractivity contribution in [3.05, 3.63) is 60.8 Å². The zero-order valence-electron chi connectivity index (χ0n) is 16.4. The van der Waals surface area contributed by atoms with Crippen LogP contribution in [-0.2, 0) is 9.53 Å². The van der Waals surface area contributed by atoms with Crippen molar-refractivity contribution in [2.45, 2.75) is 6.92 Å². The van der Waals surface area contributed by atoms with Crippen LogP contribution in [0.15, 0.2) is 55.3 Å². The fourth-order valence-electron chi connectivity index (χ4n) is 2.95. The summed E-state index contributed by atoms with van der Waals surface area (Å²) in [7, 11) is 0. The third-order valence-electron chi connectivity index (χ3n) is 4.19. The quantitative estimate of drug-likeness (QED) is 0.231. The minimum atomic E-state index is -0.398. The molecule has 3 rings (SSSR count). The number of benzene rings is 1. The van der Waals surface area contributed by atoms with Crippen molar-refractivity contribution < 1.29 is 19.1 Å². The molecular weight excluding hydrogens is 404 g/mol. The minimum absolute atomic E-state index is 0.212. The summed E-state index contributed by atoms with van der Waals surface area (Å²) >= 11 is 4.99. The minimum Gasteiger partial charge on any atom is -0.484 e. The Labute approximate surface area is 178 Å². The summed E-state index contributed by atoms with van der Waals surface area (Å²) in [5.74, 6) is -0.287. The number of thiocarbonyl (C=S) groups is 1. The number of carbonyl (C=O) groups is 2. The van der Waals surface area contributed by atoms with Crippen LogP contribution in [0.2, 0.25) is 0 Å². The van der Waals surface area contributed by atoms with Crippen LogP contribution in [0.25, 0.3) is 16.4 Å². The second-order valence-electron chi connectivity index (χ2n) is 6.19. The van der Waals surface area contributed by atoms with Crippen LogP contribution in [0.1, 0.15) is 17.3 Å². The van der Waals surface area contributed by atoms with E-state index in [0.717, 1.165) is 16.4 Å². The Balaban J connectivity index is 1.75. The number of nitrogens with zero attached hydrogens (tertiary/aromatic N) is 1. The van der Waals surface area contributed by atoms with Crippen molar-refractivity contribution in [2.75, 3.05) is 19.8 Å². The van der Waals surface area contributed by atoms with Gasteiger partial charge in [-0.15, -0.1) is 6.58 Å². The number of hydrogen-bond acceptors (Lipinski definition) is 5.